The highest BCUT2D eigenvalue weighted by Gasteiger charge is 2.13. The summed E-state index contributed by atoms with van der Waals surface area (Å²) in [6, 6.07) is 17.1. The van der Waals surface area contributed by atoms with E-state index in [-0.39, 0.29) is 5.91 Å². The Labute approximate surface area is 152 Å². The highest BCUT2D eigenvalue weighted by Crippen LogP contribution is 2.16. The summed E-state index contributed by atoms with van der Waals surface area (Å²) in [6.07, 6.45) is 0. The van der Waals surface area contributed by atoms with Gasteiger partial charge in [0.25, 0.3) is 5.91 Å². The lowest BCUT2D eigenvalue weighted by Crippen LogP contribution is -2.26. The molecule has 128 valence electrons. The zero-order valence-corrected chi connectivity index (χ0v) is 15.3. The summed E-state index contributed by atoms with van der Waals surface area (Å²) in [7, 11) is 1.79. The van der Waals surface area contributed by atoms with Crippen molar-refractivity contribution in [1.29, 1.82) is 0 Å². The van der Waals surface area contributed by atoms with Crippen LogP contribution in [0.5, 0.6) is 0 Å². The van der Waals surface area contributed by atoms with Gasteiger partial charge in [0.2, 0.25) is 0 Å². The minimum Gasteiger partial charge on any atom is -0.337 e. The van der Waals surface area contributed by atoms with E-state index < -0.39 is 0 Å². The van der Waals surface area contributed by atoms with Crippen molar-refractivity contribution in [1.82, 2.24) is 14.7 Å². The van der Waals surface area contributed by atoms with E-state index in [0.29, 0.717) is 17.1 Å². The quantitative estimate of drug-likeness (QED) is 0.696. The molecule has 0 saturated heterocycles. The van der Waals surface area contributed by atoms with Crippen LogP contribution in [0, 0.1) is 13.8 Å². The van der Waals surface area contributed by atoms with Gasteiger partial charge in [0.1, 0.15) is 0 Å². The fourth-order valence-electron chi connectivity index (χ4n) is 2.84. The van der Waals surface area contributed by atoms with Gasteiger partial charge < -0.3 is 4.90 Å². The lowest BCUT2D eigenvalue weighted by molar-refractivity contribution is 0.0785. The monoisotopic (exact) mass is 353 g/mol. The van der Waals surface area contributed by atoms with Gasteiger partial charge in [-0.25, -0.2) is 4.68 Å². The molecule has 0 aliphatic rings. The Morgan fingerprint density at radius 3 is 2.44 bits per heavy atom. The summed E-state index contributed by atoms with van der Waals surface area (Å²) < 4.78 is 1.87. The van der Waals surface area contributed by atoms with Gasteiger partial charge in [-0.1, -0.05) is 23.7 Å². The van der Waals surface area contributed by atoms with Crippen LogP contribution in [-0.4, -0.2) is 27.6 Å². The molecule has 0 saturated carbocycles. The van der Waals surface area contributed by atoms with Gasteiger partial charge in [-0.3, -0.25) is 4.79 Å². The number of rotatable bonds is 4. The Kier molecular flexibility index (Phi) is 4.91. The molecule has 25 heavy (non-hydrogen) atoms. The zero-order valence-electron chi connectivity index (χ0n) is 14.5. The average molecular weight is 354 g/mol. The van der Waals surface area contributed by atoms with Crippen LogP contribution in [0.4, 0.5) is 0 Å². The molecule has 2 aromatic carbocycles. The smallest absolute Gasteiger partial charge is 0.253 e. The molecule has 0 aliphatic carbocycles. The van der Waals surface area contributed by atoms with Crippen LogP contribution in [-0.2, 0) is 6.54 Å². The second kappa shape index (κ2) is 7.11. The first kappa shape index (κ1) is 17.2. The Morgan fingerprint density at radius 2 is 1.84 bits per heavy atom. The van der Waals surface area contributed by atoms with Crippen molar-refractivity contribution in [2.45, 2.75) is 20.4 Å². The number of benzene rings is 2. The van der Waals surface area contributed by atoms with Gasteiger partial charge in [0.05, 0.1) is 11.4 Å². The summed E-state index contributed by atoms with van der Waals surface area (Å²) in [4.78, 5) is 14.3. The van der Waals surface area contributed by atoms with Crippen LogP contribution in [0.25, 0.3) is 5.69 Å². The molecule has 1 heterocycles. The third-order valence-corrected chi connectivity index (χ3v) is 4.26. The fraction of sp³-hybridized carbons (Fsp3) is 0.200. The normalized spacial score (nSPS) is 10.7. The molecule has 0 radical (unpaired) electrons. The zero-order chi connectivity index (χ0) is 18.0. The largest absolute Gasteiger partial charge is 0.337 e. The molecule has 0 unspecified atom stereocenters. The maximum atomic E-state index is 12.6. The Morgan fingerprint density at radius 1 is 1.12 bits per heavy atom. The molecule has 1 amide bonds. The van der Waals surface area contributed by atoms with E-state index in [1.807, 2.05) is 73.1 Å². The van der Waals surface area contributed by atoms with Crippen molar-refractivity contribution >= 4 is 17.5 Å². The van der Waals surface area contributed by atoms with Crippen LogP contribution >= 0.6 is 11.6 Å². The second-order valence-electron chi connectivity index (χ2n) is 6.18. The SMILES string of the molecule is Cc1cc(C)n(-c2ccc(C(=O)N(C)Cc3cccc(Cl)c3)cc2)n1. The molecule has 0 fully saturated rings. The van der Waals surface area contributed by atoms with Crippen LogP contribution in [0.2, 0.25) is 5.02 Å². The number of carbonyl (C=O) groups excluding carboxylic acids is 1. The average Bonchev–Trinajstić information content (AvgIpc) is 2.92. The summed E-state index contributed by atoms with van der Waals surface area (Å²) in [5.41, 5.74) is 4.63. The van der Waals surface area contributed by atoms with E-state index in [1.54, 1.807) is 11.9 Å². The van der Waals surface area contributed by atoms with Crippen molar-refractivity contribution in [3.63, 3.8) is 0 Å². The van der Waals surface area contributed by atoms with Gasteiger partial charge in [0.15, 0.2) is 0 Å². The van der Waals surface area contributed by atoms with E-state index in [0.717, 1.165) is 22.6 Å². The summed E-state index contributed by atoms with van der Waals surface area (Å²) in [5, 5.41) is 5.14. The standard InChI is InChI=1S/C20H20ClN3O/c1-14-11-15(2)24(22-14)19-9-7-17(8-10-19)20(25)23(3)13-16-5-4-6-18(21)12-16/h4-12H,13H2,1-3H3. The highest BCUT2D eigenvalue weighted by atomic mass is 35.5. The van der Waals surface area contributed by atoms with E-state index in [1.165, 1.54) is 0 Å². The number of aromatic nitrogens is 2. The number of hydrogen-bond acceptors (Lipinski definition) is 2. The molecule has 0 N–H and O–H groups in total. The van der Waals surface area contributed by atoms with E-state index in [2.05, 4.69) is 5.10 Å². The Bertz CT molecular complexity index is 900. The molecule has 0 aliphatic heterocycles. The number of aryl methyl sites for hydroxylation is 2. The fourth-order valence-corrected chi connectivity index (χ4v) is 3.05. The number of hydrogen-bond donors (Lipinski definition) is 0. The third-order valence-electron chi connectivity index (χ3n) is 4.02. The molecular weight excluding hydrogens is 334 g/mol. The van der Waals surface area contributed by atoms with Gasteiger partial charge >= 0.3 is 0 Å². The number of amides is 1. The molecule has 4 nitrogen and oxygen atoms in total. The Hall–Kier alpha value is -2.59. The number of halogens is 1. The van der Waals surface area contributed by atoms with Crippen LogP contribution in [0.15, 0.2) is 54.6 Å². The van der Waals surface area contributed by atoms with Crippen LogP contribution in [0.1, 0.15) is 27.3 Å². The minimum absolute atomic E-state index is 0.0279. The summed E-state index contributed by atoms with van der Waals surface area (Å²) in [5.74, 6) is -0.0279. The predicted octanol–water partition coefficient (Wildman–Crippen LogP) is 4.41. The van der Waals surface area contributed by atoms with Gasteiger partial charge in [-0.15, -0.1) is 0 Å². The molecule has 3 rings (SSSR count). The highest BCUT2D eigenvalue weighted by molar-refractivity contribution is 6.30. The Balaban J connectivity index is 1.75. The van der Waals surface area contributed by atoms with E-state index in [4.69, 9.17) is 11.6 Å². The first-order chi connectivity index (χ1) is 11.9. The molecule has 0 atom stereocenters. The van der Waals surface area contributed by atoms with Crippen molar-refractivity contribution in [2.75, 3.05) is 7.05 Å². The molecule has 0 bridgehead atoms. The third kappa shape index (κ3) is 3.91. The lowest BCUT2D eigenvalue weighted by Gasteiger charge is -2.18. The minimum atomic E-state index is -0.0279. The molecular formula is C20H20ClN3O. The summed E-state index contributed by atoms with van der Waals surface area (Å²) >= 11 is 6.00. The van der Waals surface area contributed by atoms with Gasteiger partial charge in [-0.2, -0.15) is 5.10 Å². The van der Waals surface area contributed by atoms with Crippen LogP contribution in [0.3, 0.4) is 0 Å². The molecule has 0 spiro atoms. The van der Waals surface area contributed by atoms with E-state index >= 15 is 0 Å². The second-order valence-corrected chi connectivity index (χ2v) is 6.61. The molecule has 1 aromatic heterocycles. The van der Waals surface area contributed by atoms with Crippen molar-refractivity contribution in [3.8, 4) is 5.69 Å². The van der Waals surface area contributed by atoms with Crippen molar-refractivity contribution in [3.05, 3.63) is 82.1 Å². The van der Waals surface area contributed by atoms with Crippen molar-refractivity contribution in [2.24, 2.45) is 0 Å². The maximum Gasteiger partial charge on any atom is 0.253 e. The molecule has 3 aromatic rings. The summed E-state index contributed by atoms with van der Waals surface area (Å²) in [6.45, 7) is 4.49. The topological polar surface area (TPSA) is 38.1 Å². The van der Waals surface area contributed by atoms with Gasteiger partial charge in [-0.05, 0) is 61.9 Å². The number of nitrogens with zero attached hydrogens (tertiary/aromatic N) is 3. The first-order valence-electron chi connectivity index (χ1n) is 8.07. The van der Waals surface area contributed by atoms with E-state index in [9.17, 15) is 4.79 Å². The molecule has 5 heteroatoms. The first-order valence-corrected chi connectivity index (χ1v) is 8.45. The van der Waals surface area contributed by atoms with Gasteiger partial charge in [0, 0.05) is 29.9 Å². The van der Waals surface area contributed by atoms with Crippen molar-refractivity contribution < 1.29 is 4.79 Å². The van der Waals surface area contributed by atoms with Crippen LogP contribution < -0.4 is 0 Å². The maximum absolute atomic E-state index is 12.6. The number of carbonyl (C=O) groups is 1. The lowest BCUT2D eigenvalue weighted by atomic mass is 10.1. The predicted molar refractivity (Wildman–Crippen MR) is 100 cm³/mol.